The number of aliphatic hydroxyl groups excluding tert-OH is 1. The molecular weight excluding hydrogens is 330 g/mol. The summed E-state index contributed by atoms with van der Waals surface area (Å²) in [6.07, 6.45) is -0.505. The maximum Gasteiger partial charge on any atom is 0.0940 e. The molecule has 0 bridgehead atoms. The van der Waals surface area contributed by atoms with E-state index in [1.54, 1.807) is 0 Å². The minimum Gasteiger partial charge on any atom is -1.00 e. The van der Waals surface area contributed by atoms with Gasteiger partial charge in [-0.25, -0.2) is 0 Å². The van der Waals surface area contributed by atoms with E-state index in [4.69, 9.17) is 0 Å². The minimum absolute atomic E-state index is 0. The van der Waals surface area contributed by atoms with Gasteiger partial charge in [-0.1, -0.05) is 84.9 Å². The van der Waals surface area contributed by atoms with Crippen molar-refractivity contribution in [3.05, 3.63) is 96.1 Å². The predicted octanol–water partition coefficient (Wildman–Crippen LogP) is 1.57. The van der Waals surface area contributed by atoms with Crippen LogP contribution in [-0.2, 0) is 6.54 Å². The lowest BCUT2D eigenvalue weighted by Gasteiger charge is -2.20. The molecule has 2 nitrogen and oxygen atoms in total. The van der Waals surface area contributed by atoms with Crippen molar-refractivity contribution >= 4 is 0 Å². The maximum atomic E-state index is 10.4. The summed E-state index contributed by atoms with van der Waals surface area (Å²) < 4.78 is 0. The lowest BCUT2D eigenvalue weighted by molar-refractivity contribution is -0.00000627. The summed E-state index contributed by atoms with van der Waals surface area (Å²) in [5.41, 5.74) is 4.60. The zero-order valence-electron chi connectivity index (χ0n) is 14.3. The van der Waals surface area contributed by atoms with Crippen LogP contribution in [0.4, 0.5) is 0 Å². The Morgan fingerprint density at radius 1 is 0.760 bits per heavy atom. The Morgan fingerprint density at radius 2 is 1.28 bits per heavy atom. The molecule has 130 valence electrons. The topological polar surface area (TPSA) is 32.3 Å². The highest BCUT2D eigenvalue weighted by Gasteiger charge is 2.15. The van der Waals surface area contributed by atoms with Crippen LogP contribution in [0.25, 0.3) is 11.1 Å². The van der Waals surface area contributed by atoms with Crippen LogP contribution in [0.3, 0.4) is 0 Å². The summed E-state index contributed by atoms with van der Waals surface area (Å²) in [5.74, 6) is 0. The van der Waals surface area contributed by atoms with E-state index in [1.807, 2.05) is 43.3 Å². The van der Waals surface area contributed by atoms with Crippen LogP contribution in [-0.4, -0.2) is 11.1 Å². The Morgan fingerprint density at radius 3 is 1.88 bits per heavy atom. The molecule has 2 unspecified atom stereocenters. The normalized spacial score (nSPS) is 12.9. The fraction of sp³-hybridized carbons (Fsp3) is 0.182. The summed E-state index contributed by atoms with van der Waals surface area (Å²) in [6.45, 7) is 2.75. The lowest BCUT2D eigenvalue weighted by Crippen LogP contribution is -3.00. The summed E-state index contributed by atoms with van der Waals surface area (Å²) in [6, 6.07) is 28.7. The number of hydrogen-bond donors (Lipinski definition) is 2. The molecule has 0 heterocycles. The van der Waals surface area contributed by atoms with Gasteiger partial charge in [-0.2, -0.15) is 0 Å². The summed E-state index contributed by atoms with van der Waals surface area (Å²) in [7, 11) is 0. The Hall–Kier alpha value is -2.13. The highest BCUT2D eigenvalue weighted by atomic mass is 35.5. The Balaban J connectivity index is 0.00000225. The zero-order chi connectivity index (χ0) is 16.8. The smallest absolute Gasteiger partial charge is 0.0940 e. The quantitative estimate of drug-likeness (QED) is 0.706. The SMILES string of the molecule is CC(NCc1ccc(-c2ccccc2)cc1)C(O)c1ccccc1.[Cl-]. The van der Waals surface area contributed by atoms with E-state index in [1.165, 1.54) is 16.7 Å². The van der Waals surface area contributed by atoms with Gasteiger partial charge in [0.15, 0.2) is 0 Å². The van der Waals surface area contributed by atoms with Crippen LogP contribution < -0.4 is 17.7 Å². The monoisotopic (exact) mass is 352 g/mol. The molecule has 2 atom stereocenters. The van der Waals surface area contributed by atoms with Crippen molar-refractivity contribution in [2.45, 2.75) is 25.6 Å². The molecule has 3 aromatic rings. The van der Waals surface area contributed by atoms with E-state index < -0.39 is 6.10 Å². The minimum atomic E-state index is -0.505. The van der Waals surface area contributed by atoms with Gasteiger partial charge in [0, 0.05) is 12.6 Å². The molecule has 3 aromatic carbocycles. The molecule has 0 amide bonds. The fourth-order valence-electron chi connectivity index (χ4n) is 2.78. The van der Waals surface area contributed by atoms with Gasteiger partial charge in [0.05, 0.1) is 6.10 Å². The van der Waals surface area contributed by atoms with Gasteiger partial charge in [0.1, 0.15) is 0 Å². The van der Waals surface area contributed by atoms with E-state index in [9.17, 15) is 5.11 Å². The van der Waals surface area contributed by atoms with Gasteiger partial charge in [0.25, 0.3) is 0 Å². The Kier molecular flexibility index (Phi) is 7.20. The predicted molar refractivity (Wildman–Crippen MR) is 99.6 cm³/mol. The molecule has 0 spiro atoms. The van der Waals surface area contributed by atoms with Gasteiger partial charge in [-0.3, -0.25) is 0 Å². The molecule has 0 fully saturated rings. The van der Waals surface area contributed by atoms with E-state index in [0.717, 1.165) is 12.1 Å². The van der Waals surface area contributed by atoms with E-state index in [-0.39, 0.29) is 18.4 Å². The highest BCUT2D eigenvalue weighted by Crippen LogP contribution is 2.20. The Bertz CT molecular complexity index is 744. The van der Waals surface area contributed by atoms with Crippen molar-refractivity contribution in [3.8, 4) is 11.1 Å². The average molecular weight is 353 g/mol. The van der Waals surface area contributed by atoms with E-state index >= 15 is 0 Å². The molecule has 25 heavy (non-hydrogen) atoms. The highest BCUT2D eigenvalue weighted by molar-refractivity contribution is 5.63. The van der Waals surface area contributed by atoms with Crippen molar-refractivity contribution in [2.75, 3.05) is 0 Å². The number of halogens is 1. The zero-order valence-corrected chi connectivity index (χ0v) is 15.0. The van der Waals surface area contributed by atoms with Crippen molar-refractivity contribution in [1.29, 1.82) is 0 Å². The second-order valence-electron chi connectivity index (χ2n) is 6.09. The summed E-state index contributed by atoms with van der Waals surface area (Å²) in [4.78, 5) is 0. The number of nitrogens with one attached hydrogen (secondary N) is 1. The molecule has 0 aliphatic rings. The molecule has 0 saturated carbocycles. The summed E-state index contributed by atoms with van der Waals surface area (Å²) >= 11 is 0. The molecule has 0 saturated heterocycles. The van der Waals surface area contributed by atoms with Crippen molar-refractivity contribution < 1.29 is 17.5 Å². The second kappa shape index (κ2) is 9.38. The average Bonchev–Trinajstić information content (AvgIpc) is 2.67. The molecule has 0 aliphatic heterocycles. The maximum absolute atomic E-state index is 10.4. The first-order valence-corrected chi connectivity index (χ1v) is 8.35. The standard InChI is InChI=1S/C22H23NO.ClH/c1-17(22(24)21-10-6-3-7-11-21)23-16-18-12-14-20(15-13-18)19-8-4-2-5-9-19;/h2-15,17,22-24H,16H2,1H3;1H/p-1. The molecular formula is C22H23ClNO-. The van der Waals surface area contributed by atoms with Crippen LogP contribution in [0.1, 0.15) is 24.2 Å². The van der Waals surface area contributed by atoms with E-state index in [0.29, 0.717) is 0 Å². The van der Waals surface area contributed by atoms with Crippen molar-refractivity contribution in [3.63, 3.8) is 0 Å². The second-order valence-corrected chi connectivity index (χ2v) is 6.09. The van der Waals surface area contributed by atoms with Crippen LogP contribution in [0, 0.1) is 0 Å². The van der Waals surface area contributed by atoms with Crippen molar-refractivity contribution in [1.82, 2.24) is 5.32 Å². The largest absolute Gasteiger partial charge is 1.00 e. The first-order chi connectivity index (χ1) is 11.7. The van der Waals surface area contributed by atoms with Gasteiger partial charge in [-0.05, 0) is 29.2 Å². The number of hydrogen-bond acceptors (Lipinski definition) is 2. The number of benzene rings is 3. The van der Waals surface area contributed by atoms with Crippen LogP contribution in [0.5, 0.6) is 0 Å². The molecule has 2 N–H and O–H groups in total. The first-order valence-electron chi connectivity index (χ1n) is 8.35. The third kappa shape index (κ3) is 5.17. The van der Waals surface area contributed by atoms with Gasteiger partial charge in [0.2, 0.25) is 0 Å². The molecule has 3 heteroatoms. The lowest BCUT2D eigenvalue weighted by atomic mass is 10.0. The molecule has 0 radical (unpaired) electrons. The molecule has 0 aliphatic carbocycles. The van der Waals surface area contributed by atoms with Crippen LogP contribution in [0.2, 0.25) is 0 Å². The Labute approximate surface area is 156 Å². The third-order valence-corrected chi connectivity index (χ3v) is 4.30. The molecule has 3 rings (SSSR count). The number of rotatable bonds is 6. The van der Waals surface area contributed by atoms with Gasteiger partial charge >= 0.3 is 0 Å². The first kappa shape index (κ1) is 19.2. The summed E-state index contributed by atoms with van der Waals surface area (Å²) in [5, 5.41) is 13.8. The van der Waals surface area contributed by atoms with Gasteiger partial charge < -0.3 is 22.8 Å². The number of aliphatic hydroxyl groups is 1. The third-order valence-electron chi connectivity index (χ3n) is 4.30. The fourth-order valence-corrected chi connectivity index (χ4v) is 2.78. The van der Waals surface area contributed by atoms with Crippen molar-refractivity contribution in [2.24, 2.45) is 0 Å². The molecule has 0 aromatic heterocycles. The van der Waals surface area contributed by atoms with Gasteiger partial charge in [-0.15, -0.1) is 0 Å². The van der Waals surface area contributed by atoms with Crippen LogP contribution >= 0.6 is 0 Å². The van der Waals surface area contributed by atoms with E-state index in [2.05, 4.69) is 53.8 Å². The van der Waals surface area contributed by atoms with Crippen LogP contribution in [0.15, 0.2) is 84.9 Å².